The summed E-state index contributed by atoms with van der Waals surface area (Å²) in [5, 5.41) is 4.83. The Hall–Kier alpha value is -2.12. The molecule has 0 aromatic heterocycles. The zero-order valence-corrected chi connectivity index (χ0v) is 13.9. The van der Waals surface area contributed by atoms with Crippen molar-refractivity contribution in [1.82, 2.24) is 5.32 Å². The number of anilines is 1. The number of thiocarbonyl (C=S) groups is 1. The molecule has 0 bridgehead atoms. The van der Waals surface area contributed by atoms with E-state index in [1.54, 1.807) is 31.2 Å². The van der Waals surface area contributed by atoms with Gasteiger partial charge in [-0.15, -0.1) is 0 Å². The summed E-state index contributed by atoms with van der Waals surface area (Å²) in [6.07, 6.45) is -4.51. The number of aryl methyl sites for hydroxylation is 1. The number of carbonyl (C=O) groups excluding carboxylic acids is 1. The molecule has 0 aliphatic carbocycles. The van der Waals surface area contributed by atoms with Crippen molar-refractivity contribution in [2.45, 2.75) is 13.1 Å². The third kappa shape index (κ3) is 4.46. The average Bonchev–Trinajstić information content (AvgIpc) is 2.48. The predicted molar refractivity (Wildman–Crippen MR) is 91.3 cm³/mol. The zero-order chi connectivity index (χ0) is 17.9. The van der Waals surface area contributed by atoms with Crippen molar-refractivity contribution in [2.75, 3.05) is 5.32 Å². The fourth-order valence-corrected chi connectivity index (χ4v) is 2.32. The molecule has 0 aliphatic rings. The number of hydrogen-bond donors (Lipinski definition) is 2. The van der Waals surface area contributed by atoms with Gasteiger partial charge in [-0.25, -0.2) is 0 Å². The second kappa shape index (κ2) is 7.19. The Balaban J connectivity index is 2.13. The molecule has 0 heterocycles. The number of nitrogens with one attached hydrogen (secondary N) is 2. The molecule has 0 radical (unpaired) electrons. The van der Waals surface area contributed by atoms with Crippen molar-refractivity contribution in [2.24, 2.45) is 0 Å². The van der Waals surface area contributed by atoms with Crippen LogP contribution in [0.15, 0.2) is 42.5 Å². The molecule has 24 heavy (non-hydrogen) atoms. The van der Waals surface area contributed by atoms with Gasteiger partial charge >= 0.3 is 6.18 Å². The number of alkyl halides is 3. The molecule has 2 rings (SSSR count). The van der Waals surface area contributed by atoms with E-state index < -0.39 is 17.6 Å². The molecule has 2 aromatic rings. The van der Waals surface area contributed by atoms with Gasteiger partial charge in [-0.3, -0.25) is 10.1 Å². The fourth-order valence-electron chi connectivity index (χ4n) is 1.95. The standard InChI is InChI=1S/C16H12ClF3N2OS/c1-9-4-2-3-5-11(9)14(23)22-15(24)21-13-8-10(16(18,19)20)6-7-12(13)17/h2-8H,1H3,(H2,21,22,23,24). The van der Waals surface area contributed by atoms with Gasteiger partial charge in [-0.05, 0) is 49.0 Å². The second-order valence-corrected chi connectivity index (χ2v) is 5.73. The summed E-state index contributed by atoms with van der Waals surface area (Å²) in [5.41, 5.74) is 0.246. The molecule has 0 fully saturated rings. The minimum Gasteiger partial charge on any atom is -0.331 e. The largest absolute Gasteiger partial charge is 0.416 e. The van der Waals surface area contributed by atoms with E-state index in [-0.39, 0.29) is 15.8 Å². The number of rotatable bonds is 2. The van der Waals surface area contributed by atoms with Crippen molar-refractivity contribution in [3.8, 4) is 0 Å². The van der Waals surface area contributed by atoms with E-state index in [2.05, 4.69) is 10.6 Å². The Morgan fingerprint density at radius 1 is 1.17 bits per heavy atom. The summed E-state index contributed by atoms with van der Waals surface area (Å²) in [7, 11) is 0. The van der Waals surface area contributed by atoms with Crippen LogP contribution in [-0.2, 0) is 6.18 Å². The maximum Gasteiger partial charge on any atom is 0.416 e. The highest BCUT2D eigenvalue weighted by Crippen LogP contribution is 2.33. The lowest BCUT2D eigenvalue weighted by Gasteiger charge is -2.14. The minimum atomic E-state index is -4.51. The highest BCUT2D eigenvalue weighted by molar-refractivity contribution is 7.80. The van der Waals surface area contributed by atoms with Gasteiger partial charge in [0.1, 0.15) is 0 Å². The topological polar surface area (TPSA) is 41.1 Å². The minimum absolute atomic E-state index is 0.0402. The average molecular weight is 373 g/mol. The van der Waals surface area contributed by atoms with Crippen molar-refractivity contribution in [3.63, 3.8) is 0 Å². The zero-order valence-electron chi connectivity index (χ0n) is 12.4. The van der Waals surface area contributed by atoms with Crippen LogP contribution in [0.4, 0.5) is 18.9 Å². The monoisotopic (exact) mass is 372 g/mol. The van der Waals surface area contributed by atoms with E-state index >= 15 is 0 Å². The Morgan fingerprint density at radius 3 is 2.46 bits per heavy atom. The van der Waals surface area contributed by atoms with Crippen LogP contribution in [-0.4, -0.2) is 11.0 Å². The number of benzene rings is 2. The number of hydrogen-bond acceptors (Lipinski definition) is 2. The summed E-state index contributed by atoms with van der Waals surface area (Å²) < 4.78 is 38.2. The van der Waals surface area contributed by atoms with E-state index in [9.17, 15) is 18.0 Å². The fraction of sp³-hybridized carbons (Fsp3) is 0.125. The molecule has 0 aliphatic heterocycles. The lowest BCUT2D eigenvalue weighted by molar-refractivity contribution is -0.137. The first-order valence-corrected chi connectivity index (χ1v) is 7.52. The summed E-state index contributed by atoms with van der Waals surface area (Å²) in [5.74, 6) is -0.464. The van der Waals surface area contributed by atoms with E-state index in [0.29, 0.717) is 5.56 Å². The smallest absolute Gasteiger partial charge is 0.331 e. The van der Waals surface area contributed by atoms with Crippen LogP contribution < -0.4 is 10.6 Å². The van der Waals surface area contributed by atoms with E-state index in [1.165, 1.54) is 0 Å². The molecule has 0 spiro atoms. The Kier molecular flexibility index (Phi) is 5.46. The number of carbonyl (C=O) groups is 1. The quantitative estimate of drug-likeness (QED) is 0.744. The molecule has 1 amide bonds. The van der Waals surface area contributed by atoms with Crippen molar-refractivity contribution in [1.29, 1.82) is 0 Å². The van der Waals surface area contributed by atoms with Gasteiger partial charge < -0.3 is 5.32 Å². The molecule has 0 unspecified atom stereocenters. The van der Waals surface area contributed by atoms with Crippen LogP contribution in [0.25, 0.3) is 0 Å². The first kappa shape index (κ1) is 18.2. The molecular weight excluding hydrogens is 361 g/mol. The Labute approximate surface area is 146 Å². The highest BCUT2D eigenvalue weighted by Gasteiger charge is 2.31. The molecule has 2 aromatic carbocycles. The summed E-state index contributed by atoms with van der Waals surface area (Å²) in [4.78, 5) is 12.1. The molecule has 0 atom stereocenters. The van der Waals surface area contributed by atoms with Crippen molar-refractivity contribution in [3.05, 3.63) is 64.2 Å². The van der Waals surface area contributed by atoms with Crippen LogP contribution in [0, 0.1) is 6.92 Å². The lowest BCUT2D eigenvalue weighted by atomic mass is 10.1. The molecule has 2 N–H and O–H groups in total. The van der Waals surface area contributed by atoms with Gasteiger partial charge in [0.25, 0.3) is 5.91 Å². The van der Waals surface area contributed by atoms with Gasteiger partial charge in [-0.2, -0.15) is 13.2 Å². The molecular formula is C16H12ClF3N2OS. The van der Waals surface area contributed by atoms with Gasteiger partial charge in [0, 0.05) is 5.56 Å². The molecule has 0 saturated heterocycles. The Bertz CT molecular complexity index is 793. The normalized spacial score (nSPS) is 11.0. The van der Waals surface area contributed by atoms with Crippen molar-refractivity contribution >= 4 is 40.5 Å². The van der Waals surface area contributed by atoms with Crippen molar-refractivity contribution < 1.29 is 18.0 Å². The van der Waals surface area contributed by atoms with Crippen LogP contribution in [0.5, 0.6) is 0 Å². The highest BCUT2D eigenvalue weighted by atomic mass is 35.5. The van der Waals surface area contributed by atoms with Crippen LogP contribution in [0.2, 0.25) is 5.02 Å². The summed E-state index contributed by atoms with van der Waals surface area (Å²) >= 11 is 10.8. The van der Waals surface area contributed by atoms with Gasteiger partial charge in [0.05, 0.1) is 16.3 Å². The number of amides is 1. The SMILES string of the molecule is Cc1ccccc1C(=O)NC(=S)Nc1cc(C(F)(F)F)ccc1Cl. The molecule has 0 saturated carbocycles. The molecule has 126 valence electrons. The maximum absolute atomic E-state index is 12.7. The third-order valence-electron chi connectivity index (χ3n) is 3.16. The maximum atomic E-state index is 12.7. The first-order valence-electron chi connectivity index (χ1n) is 6.73. The summed E-state index contributed by atoms with van der Waals surface area (Å²) in [6, 6.07) is 9.66. The van der Waals surface area contributed by atoms with E-state index in [4.69, 9.17) is 23.8 Å². The van der Waals surface area contributed by atoms with Gasteiger partial charge in [0.2, 0.25) is 0 Å². The van der Waals surface area contributed by atoms with E-state index in [0.717, 1.165) is 23.8 Å². The predicted octanol–water partition coefficient (Wildman–Crippen LogP) is 4.79. The van der Waals surface area contributed by atoms with Gasteiger partial charge in [0.15, 0.2) is 5.11 Å². The van der Waals surface area contributed by atoms with Crippen LogP contribution in [0.3, 0.4) is 0 Å². The first-order chi connectivity index (χ1) is 11.2. The second-order valence-electron chi connectivity index (χ2n) is 4.92. The molecule has 8 heteroatoms. The molecule has 3 nitrogen and oxygen atoms in total. The van der Waals surface area contributed by atoms with Gasteiger partial charge in [-0.1, -0.05) is 29.8 Å². The third-order valence-corrected chi connectivity index (χ3v) is 3.69. The van der Waals surface area contributed by atoms with Crippen LogP contribution in [0.1, 0.15) is 21.5 Å². The van der Waals surface area contributed by atoms with Crippen LogP contribution >= 0.6 is 23.8 Å². The summed E-state index contributed by atoms with van der Waals surface area (Å²) in [6.45, 7) is 1.76. The Morgan fingerprint density at radius 2 is 1.83 bits per heavy atom. The van der Waals surface area contributed by atoms with E-state index in [1.807, 2.05) is 0 Å². The number of halogens is 4. The lowest BCUT2D eigenvalue weighted by Crippen LogP contribution is -2.34.